The number of carbonyl (C=O) groups excluding carboxylic acids is 4. The number of hydrogen-bond acceptors (Lipinski definition) is 7. The summed E-state index contributed by atoms with van der Waals surface area (Å²) in [5.41, 5.74) is 1.41. The van der Waals surface area contributed by atoms with Crippen molar-refractivity contribution in [3.63, 3.8) is 0 Å². The van der Waals surface area contributed by atoms with Gasteiger partial charge in [-0.15, -0.1) is 0 Å². The van der Waals surface area contributed by atoms with Crippen molar-refractivity contribution in [2.24, 2.45) is 11.3 Å². The Hall–Kier alpha value is -2.58. The van der Waals surface area contributed by atoms with Gasteiger partial charge in [-0.3, -0.25) is 19.3 Å². The molecule has 2 saturated carbocycles. The van der Waals surface area contributed by atoms with E-state index in [4.69, 9.17) is 9.47 Å². The van der Waals surface area contributed by atoms with Crippen molar-refractivity contribution in [1.82, 2.24) is 10.2 Å². The van der Waals surface area contributed by atoms with Gasteiger partial charge in [0.25, 0.3) is 0 Å². The maximum absolute atomic E-state index is 10.9. The van der Waals surface area contributed by atoms with Gasteiger partial charge in [0.2, 0.25) is 5.91 Å². The first-order valence-corrected chi connectivity index (χ1v) is 12.9. The molecule has 1 N–H and O–H groups in total. The van der Waals surface area contributed by atoms with Gasteiger partial charge in [0.05, 0.1) is 18.8 Å². The van der Waals surface area contributed by atoms with E-state index >= 15 is 0 Å². The van der Waals surface area contributed by atoms with Gasteiger partial charge in [-0.1, -0.05) is 6.92 Å². The van der Waals surface area contributed by atoms with E-state index in [1.807, 2.05) is 14.1 Å². The molecule has 0 aromatic heterocycles. The SMILES string of the molecule is CC1CC2(C1)CC(OCCCCOc1ccc(C=O)c(C=O)c1)C2.CNC(=O)CCC(C=O)N(C)C. The average molecular weight is 503 g/mol. The zero-order valence-electron chi connectivity index (χ0n) is 22.2. The van der Waals surface area contributed by atoms with Crippen molar-refractivity contribution < 1.29 is 28.7 Å². The van der Waals surface area contributed by atoms with Crippen LogP contribution in [0.1, 0.15) is 79.0 Å². The van der Waals surface area contributed by atoms with Crippen LogP contribution >= 0.6 is 0 Å². The van der Waals surface area contributed by atoms with Crippen LogP contribution in [-0.2, 0) is 14.3 Å². The summed E-state index contributed by atoms with van der Waals surface area (Å²) >= 11 is 0. The summed E-state index contributed by atoms with van der Waals surface area (Å²) in [5, 5.41) is 2.51. The molecule has 2 fully saturated rings. The molecule has 0 saturated heterocycles. The molecule has 1 unspecified atom stereocenters. The van der Waals surface area contributed by atoms with E-state index in [-0.39, 0.29) is 11.9 Å². The molecule has 8 nitrogen and oxygen atoms in total. The van der Waals surface area contributed by atoms with Gasteiger partial charge in [-0.25, -0.2) is 0 Å². The van der Waals surface area contributed by atoms with Crippen molar-refractivity contribution in [3.05, 3.63) is 29.3 Å². The minimum atomic E-state index is -0.151. The van der Waals surface area contributed by atoms with E-state index in [0.717, 1.165) is 31.7 Å². The molecule has 1 spiro atoms. The van der Waals surface area contributed by atoms with Gasteiger partial charge < -0.3 is 19.6 Å². The maximum Gasteiger partial charge on any atom is 0.219 e. The monoisotopic (exact) mass is 502 g/mol. The number of aldehydes is 3. The number of hydrogen-bond donors (Lipinski definition) is 1. The van der Waals surface area contributed by atoms with Crippen LogP contribution in [0.25, 0.3) is 0 Å². The lowest BCUT2D eigenvalue weighted by molar-refractivity contribution is -0.136. The fourth-order valence-electron chi connectivity index (χ4n) is 5.12. The average Bonchev–Trinajstić information content (AvgIpc) is 2.83. The van der Waals surface area contributed by atoms with Crippen molar-refractivity contribution in [2.45, 2.75) is 70.4 Å². The molecule has 0 aliphatic heterocycles. The molecule has 1 aromatic carbocycles. The zero-order chi connectivity index (χ0) is 26.6. The Morgan fingerprint density at radius 3 is 2.31 bits per heavy atom. The number of rotatable bonds is 14. The third-order valence-electron chi connectivity index (χ3n) is 7.12. The topological polar surface area (TPSA) is 102 Å². The van der Waals surface area contributed by atoms with Crippen LogP contribution in [0.4, 0.5) is 0 Å². The van der Waals surface area contributed by atoms with E-state index in [2.05, 4.69) is 12.2 Å². The smallest absolute Gasteiger partial charge is 0.219 e. The highest BCUT2D eigenvalue weighted by Crippen LogP contribution is 2.59. The number of nitrogens with one attached hydrogen (secondary N) is 1. The Kier molecular flexibility index (Phi) is 12.2. The first kappa shape index (κ1) is 29.6. The number of carbonyl (C=O) groups is 4. The second-order valence-electron chi connectivity index (χ2n) is 10.4. The van der Waals surface area contributed by atoms with Crippen LogP contribution < -0.4 is 10.1 Å². The van der Waals surface area contributed by atoms with E-state index in [1.165, 1.54) is 25.7 Å². The summed E-state index contributed by atoms with van der Waals surface area (Å²) in [6.07, 6.45) is 10.9. The normalized spacial score (nSPS) is 22.9. The van der Waals surface area contributed by atoms with Gasteiger partial charge >= 0.3 is 0 Å². The zero-order valence-corrected chi connectivity index (χ0v) is 22.2. The summed E-state index contributed by atoms with van der Waals surface area (Å²) in [7, 11) is 5.24. The van der Waals surface area contributed by atoms with Gasteiger partial charge in [-0.2, -0.15) is 0 Å². The van der Waals surface area contributed by atoms with Crippen LogP contribution in [0.15, 0.2) is 18.2 Å². The Bertz CT molecular complexity index is 858. The molecule has 2 aliphatic rings. The van der Waals surface area contributed by atoms with Crippen molar-refractivity contribution >= 4 is 24.8 Å². The quantitative estimate of drug-likeness (QED) is 0.306. The van der Waals surface area contributed by atoms with E-state index in [9.17, 15) is 19.2 Å². The predicted molar refractivity (Wildman–Crippen MR) is 139 cm³/mol. The highest BCUT2D eigenvalue weighted by Gasteiger charge is 2.51. The fraction of sp³-hybridized carbons (Fsp3) is 0.643. The number of ether oxygens (including phenoxy) is 2. The molecule has 0 radical (unpaired) electrons. The molecule has 3 rings (SSSR count). The number of unbranched alkanes of at least 4 members (excludes halogenated alkanes) is 1. The lowest BCUT2D eigenvalue weighted by Crippen LogP contribution is -2.50. The van der Waals surface area contributed by atoms with Crippen LogP contribution in [0, 0.1) is 11.3 Å². The largest absolute Gasteiger partial charge is 0.494 e. The van der Waals surface area contributed by atoms with Crippen LogP contribution in [0.5, 0.6) is 5.75 Å². The summed E-state index contributed by atoms with van der Waals surface area (Å²) in [5.74, 6) is 1.52. The molecule has 1 atom stereocenters. The highest BCUT2D eigenvalue weighted by molar-refractivity contribution is 5.90. The van der Waals surface area contributed by atoms with Crippen LogP contribution in [-0.4, -0.2) is 76.2 Å². The third kappa shape index (κ3) is 9.13. The lowest BCUT2D eigenvalue weighted by Gasteiger charge is -2.56. The molecule has 8 heteroatoms. The van der Waals surface area contributed by atoms with Gasteiger partial charge in [-0.05, 0) is 88.6 Å². The predicted octanol–water partition coefficient (Wildman–Crippen LogP) is 3.71. The highest BCUT2D eigenvalue weighted by atomic mass is 16.5. The molecule has 1 amide bonds. The number of likely N-dealkylation sites (N-methyl/N-ethyl adjacent to an activating group) is 1. The molecule has 200 valence electrons. The fourth-order valence-corrected chi connectivity index (χ4v) is 5.12. The minimum Gasteiger partial charge on any atom is -0.494 e. The van der Waals surface area contributed by atoms with E-state index in [0.29, 0.717) is 60.4 Å². The summed E-state index contributed by atoms with van der Waals surface area (Å²) in [6.45, 7) is 3.72. The minimum absolute atomic E-state index is 0.0244. The van der Waals surface area contributed by atoms with Crippen molar-refractivity contribution in [2.75, 3.05) is 34.4 Å². The second kappa shape index (κ2) is 14.9. The van der Waals surface area contributed by atoms with Gasteiger partial charge in [0.15, 0.2) is 12.6 Å². The first-order chi connectivity index (χ1) is 17.3. The van der Waals surface area contributed by atoms with Gasteiger partial charge in [0, 0.05) is 31.2 Å². The lowest BCUT2D eigenvalue weighted by atomic mass is 9.51. The number of benzene rings is 1. The Labute approximate surface area is 215 Å². The van der Waals surface area contributed by atoms with Crippen molar-refractivity contribution in [1.29, 1.82) is 0 Å². The molecule has 0 heterocycles. The summed E-state index contributed by atoms with van der Waals surface area (Å²) in [4.78, 5) is 44.8. The van der Waals surface area contributed by atoms with Crippen LogP contribution in [0.3, 0.4) is 0 Å². The Morgan fingerprint density at radius 2 is 1.75 bits per heavy atom. The third-order valence-corrected chi connectivity index (χ3v) is 7.12. The molecule has 36 heavy (non-hydrogen) atoms. The maximum atomic E-state index is 10.9. The molecular formula is C28H42N2O6. The van der Waals surface area contributed by atoms with Crippen molar-refractivity contribution in [3.8, 4) is 5.75 Å². The summed E-state index contributed by atoms with van der Waals surface area (Å²) in [6, 6.07) is 4.80. The number of nitrogens with zero attached hydrogens (tertiary/aromatic N) is 1. The Balaban J connectivity index is 0.000000324. The number of amides is 1. The standard InChI is InChI=1S/C20H26O4.C8H16N2O2/c1-15-9-20(10-15)11-19(12-20)24-7-3-2-6-23-18-5-4-16(13-21)17(8-18)14-22;1-9-8(12)5-4-7(6-11)10(2)3/h4-5,8,13-15,19H,2-3,6-7,9-12H2,1H3;6-7H,4-5H2,1-3H3,(H,9,12). The van der Waals surface area contributed by atoms with Gasteiger partial charge in [0.1, 0.15) is 12.0 Å². The Morgan fingerprint density at radius 1 is 1.08 bits per heavy atom. The van der Waals surface area contributed by atoms with E-state index in [1.54, 1.807) is 30.1 Å². The van der Waals surface area contributed by atoms with E-state index < -0.39 is 0 Å². The molecular weight excluding hydrogens is 460 g/mol. The first-order valence-electron chi connectivity index (χ1n) is 12.9. The molecule has 2 aliphatic carbocycles. The summed E-state index contributed by atoms with van der Waals surface area (Å²) < 4.78 is 11.6. The molecule has 1 aromatic rings. The molecule has 0 bridgehead atoms. The second-order valence-corrected chi connectivity index (χ2v) is 10.4. The van der Waals surface area contributed by atoms with Crippen LogP contribution in [0.2, 0.25) is 0 Å².